The Morgan fingerprint density at radius 2 is 1.85 bits per heavy atom. The van der Waals surface area contributed by atoms with Gasteiger partial charge in [0.15, 0.2) is 0 Å². The van der Waals surface area contributed by atoms with Crippen molar-refractivity contribution >= 4 is 32.3 Å². The van der Waals surface area contributed by atoms with E-state index >= 15 is 0 Å². The van der Waals surface area contributed by atoms with E-state index in [0.717, 1.165) is 11.9 Å². The highest BCUT2D eigenvalue weighted by Gasteiger charge is 2.24. The number of nitrogens with zero attached hydrogens (tertiary/aromatic N) is 2. The molecular formula is C23H21N2S+. The van der Waals surface area contributed by atoms with Gasteiger partial charge >= 0.3 is 5.49 Å². The highest BCUT2D eigenvalue weighted by Crippen LogP contribution is 2.32. The smallest absolute Gasteiger partial charge is 0.195 e. The first-order chi connectivity index (χ1) is 12.7. The summed E-state index contributed by atoms with van der Waals surface area (Å²) in [6.45, 7) is 4.54. The van der Waals surface area contributed by atoms with Gasteiger partial charge in [-0.25, -0.2) is 0 Å². The standard InChI is InChI=1S/C23H21N2S/c1-15(2)11-16-7-8-17-9-10-23-24-19(14-25(23)20(17)12-16)22-13-18-5-3-4-6-21(18)26-22/h3-10,12-15,19H,11H2,1-2H3/q+1. The van der Waals surface area contributed by atoms with Gasteiger partial charge < -0.3 is 0 Å². The molecule has 0 fully saturated rings. The van der Waals surface area contributed by atoms with Crippen molar-refractivity contribution < 1.29 is 4.24 Å². The molecule has 5 rings (SSSR count). The van der Waals surface area contributed by atoms with Crippen LogP contribution in [0.25, 0.3) is 21.0 Å². The molecule has 0 spiro atoms. The van der Waals surface area contributed by atoms with Crippen molar-refractivity contribution in [2.24, 2.45) is 10.9 Å². The molecule has 0 saturated heterocycles. The minimum atomic E-state index is 0.103. The third kappa shape index (κ3) is 2.63. The van der Waals surface area contributed by atoms with Crippen molar-refractivity contribution in [3.63, 3.8) is 0 Å². The number of fused-ring (bicyclic) bond motifs is 4. The van der Waals surface area contributed by atoms with Crippen LogP contribution in [0.5, 0.6) is 0 Å². The lowest BCUT2D eigenvalue weighted by atomic mass is 10.0. The van der Waals surface area contributed by atoms with E-state index in [9.17, 15) is 0 Å². The fraction of sp³-hybridized carbons (Fsp3) is 0.217. The van der Waals surface area contributed by atoms with Gasteiger partial charge in [-0.1, -0.05) is 49.2 Å². The Kier molecular flexibility index (Phi) is 3.64. The summed E-state index contributed by atoms with van der Waals surface area (Å²) in [6, 6.07) is 22.1. The number of benzene rings is 2. The Balaban J connectivity index is 1.65. The van der Waals surface area contributed by atoms with Crippen LogP contribution in [-0.4, -0.2) is 0 Å². The number of rotatable bonds is 3. The van der Waals surface area contributed by atoms with Crippen molar-refractivity contribution in [1.29, 1.82) is 0 Å². The SMILES string of the molecule is CC(C)Cc1ccc2ccc3[n+](c2c1)=CC(c1cc2ccccc2s1)N=3. The predicted molar refractivity (Wildman–Crippen MR) is 108 cm³/mol. The molecule has 0 bridgehead atoms. The minimum Gasteiger partial charge on any atom is -0.195 e. The Bertz CT molecular complexity index is 1220. The Hall–Kier alpha value is -2.52. The van der Waals surface area contributed by atoms with Gasteiger partial charge in [-0.15, -0.1) is 11.3 Å². The van der Waals surface area contributed by atoms with E-state index in [0.29, 0.717) is 5.92 Å². The van der Waals surface area contributed by atoms with Gasteiger partial charge in [-0.2, -0.15) is 4.24 Å². The second-order valence-corrected chi connectivity index (χ2v) is 8.58. The molecule has 2 nitrogen and oxygen atoms in total. The van der Waals surface area contributed by atoms with Gasteiger partial charge in [0.25, 0.3) is 0 Å². The summed E-state index contributed by atoms with van der Waals surface area (Å²) in [5.41, 5.74) is 3.70. The van der Waals surface area contributed by atoms with Crippen molar-refractivity contribution in [3.05, 3.63) is 82.8 Å². The zero-order valence-corrected chi connectivity index (χ0v) is 15.8. The first-order valence-electron chi connectivity index (χ1n) is 9.19. The summed E-state index contributed by atoms with van der Waals surface area (Å²) >= 11 is 1.84. The van der Waals surface area contributed by atoms with Crippen LogP contribution in [0.1, 0.15) is 30.3 Å². The van der Waals surface area contributed by atoms with E-state index in [1.807, 2.05) is 11.3 Å². The highest BCUT2D eigenvalue weighted by atomic mass is 32.1. The molecule has 0 N–H and O–H groups in total. The number of hydrogen-bond acceptors (Lipinski definition) is 2. The normalized spacial score (nSPS) is 16.0. The predicted octanol–water partition coefficient (Wildman–Crippen LogP) is 4.92. The molecule has 0 saturated carbocycles. The molecule has 26 heavy (non-hydrogen) atoms. The van der Waals surface area contributed by atoms with Gasteiger partial charge in [-0.05, 0) is 47.6 Å². The van der Waals surface area contributed by atoms with Gasteiger partial charge in [-0.3, -0.25) is 0 Å². The third-order valence-electron chi connectivity index (χ3n) is 4.95. The van der Waals surface area contributed by atoms with Crippen LogP contribution < -0.4 is 9.73 Å². The van der Waals surface area contributed by atoms with Crippen LogP contribution in [-0.2, 0) is 6.42 Å². The average Bonchev–Trinajstić information content (AvgIpc) is 3.25. The van der Waals surface area contributed by atoms with E-state index in [1.54, 1.807) is 0 Å². The van der Waals surface area contributed by atoms with Crippen LogP contribution in [0.3, 0.4) is 0 Å². The Morgan fingerprint density at radius 1 is 1.00 bits per heavy atom. The monoisotopic (exact) mass is 357 g/mol. The van der Waals surface area contributed by atoms with Gasteiger partial charge in [0.2, 0.25) is 6.04 Å². The Morgan fingerprint density at radius 3 is 2.69 bits per heavy atom. The average molecular weight is 358 g/mol. The fourth-order valence-corrected chi connectivity index (χ4v) is 4.83. The van der Waals surface area contributed by atoms with E-state index in [-0.39, 0.29) is 6.04 Å². The molecule has 0 aliphatic carbocycles. The second-order valence-electron chi connectivity index (χ2n) is 7.46. The van der Waals surface area contributed by atoms with Gasteiger partial charge in [0, 0.05) is 16.2 Å². The number of aromatic nitrogens is 1. The molecule has 3 heterocycles. The second kappa shape index (κ2) is 6.03. The summed E-state index contributed by atoms with van der Waals surface area (Å²) in [4.78, 5) is 6.28. The molecule has 1 atom stereocenters. The number of pyridine rings is 1. The van der Waals surface area contributed by atoms with Gasteiger partial charge in [0.05, 0.1) is 4.88 Å². The molecule has 2 aromatic carbocycles. The van der Waals surface area contributed by atoms with E-state index < -0.39 is 0 Å². The van der Waals surface area contributed by atoms with Crippen molar-refractivity contribution in [3.8, 4) is 0 Å². The van der Waals surface area contributed by atoms with Crippen molar-refractivity contribution in [2.45, 2.75) is 26.3 Å². The number of hydrogen-bond donors (Lipinski definition) is 0. The lowest BCUT2D eigenvalue weighted by Crippen LogP contribution is -2.34. The van der Waals surface area contributed by atoms with Crippen molar-refractivity contribution in [1.82, 2.24) is 0 Å². The molecule has 1 aliphatic heterocycles. The third-order valence-corrected chi connectivity index (χ3v) is 6.14. The fourth-order valence-electron chi connectivity index (χ4n) is 3.77. The molecular weight excluding hydrogens is 336 g/mol. The molecule has 1 unspecified atom stereocenters. The summed E-state index contributed by atoms with van der Waals surface area (Å²) < 4.78 is 3.60. The summed E-state index contributed by atoms with van der Waals surface area (Å²) in [5.74, 6) is 0.661. The lowest BCUT2D eigenvalue weighted by molar-refractivity contribution is -0.493. The molecule has 2 aromatic heterocycles. The van der Waals surface area contributed by atoms with Crippen LogP contribution >= 0.6 is 11.3 Å². The molecule has 3 heteroatoms. The van der Waals surface area contributed by atoms with Crippen molar-refractivity contribution in [2.75, 3.05) is 0 Å². The summed E-state index contributed by atoms with van der Waals surface area (Å²) in [5, 5.41) is 2.57. The maximum Gasteiger partial charge on any atom is 0.323 e. The molecule has 0 amide bonds. The molecule has 0 radical (unpaired) electrons. The van der Waals surface area contributed by atoms with Crippen LogP contribution in [0.2, 0.25) is 0 Å². The van der Waals surface area contributed by atoms with Gasteiger partial charge in [0.1, 0.15) is 11.7 Å². The highest BCUT2D eigenvalue weighted by molar-refractivity contribution is 7.19. The maximum atomic E-state index is 4.98. The zero-order chi connectivity index (χ0) is 17.7. The first-order valence-corrected chi connectivity index (χ1v) is 10.0. The van der Waals surface area contributed by atoms with Crippen LogP contribution in [0.4, 0.5) is 0 Å². The Labute approximate surface area is 156 Å². The van der Waals surface area contributed by atoms with Crippen LogP contribution in [0, 0.1) is 12.1 Å². The quantitative estimate of drug-likeness (QED) is 0.463. The molecule has 128 valence electrons. The summed E-state index contributed by atoms with van der Waals surface area (Å²) in [7, 11) is 0. The zero-order valence-electron chi connectivity index (χ0n) is 15.0. The first kappa shape index (κ1) is 15.7. The summed E-state index contributed by atoms with van der Waals surface area (Å²) in [6.07, 6.45) is 3.37. The van der Waals surface area contributed by atoms with E-state index in [1.165, 1.54) is 31.4 Å². The largest absolute Gasteiger partial charge is 0.323 e. The lowest BCUT2D eigenvalue weighted by Gasteiger charge is -2.05. The minimum absolute atomic E-state index is 0.103. The van der Waals surface area contributed by atoms with Crippen LogP contribution in [0.15, 0.2) is 65.7 Å². The van der Waals surface area contributed by atoms with E-state index in [4.69, 9.17) is 4.99 Å². The molecule has 1 aliphatic rings. The topological polar surface area (TPSA) is 18.3 Å². The maximum absolute atomic E-state index is 4.98. The van der Waals surface area contributed by atoms with E-state index in [2.05, 4.69) is 85.0 Å². The number of thiophene rings is 1. The molecule has 4 aromatic rings.